The van der Waals surface area contributed by atoms with Gasteiger partial charge in [-0.05, 0) is 41.1 Å². The topological polar surface area (TPSA) is 29.1 Å². The van der Waals surface area contributed by atoms with E-state index in [4.69, 9.17) is 0 Å². The van der Waals surface area contributed by atoms with Crippen LogP contribution in [0.1, 0.15) is 6.92 Å². The molecule has 68 valence electrons. The highest BCUT2D eigenvalue weighted by Gasteiger charge is 1.93. The Morgan fingerprint density at radius 2 is 2.15 bits per heavy atom. The first kappa shape index (κ1) is 9.99. The minimum Gasteiger partial charge on any atom is -0.361 e. The van der Waals surface area contributed by atoms with E-state index in [9.17, 15) is 4.79 Å². The van der Waals surface area contributed by atoms with Gasteiger partial charge in [0.1, 0.15) is 0 Å². The van der Waals surface area contributed by atoms with Crippen molar-refractivity contribution < 1.29 is 4.79 Å². The summed E-state index contributed by atoms with van der Waals surface area (Å²) < 4.78 is 0.975. The summed E-state index contributed by atoms with van der Waals surface area (Å²) in [5.41, 5.74) is 0.944. The van der Waals surface area contributed by atoms with Gasteiger partial charge in [-0.3, -0.25) is 4.79 Å². The van der Waals surface area contributed by atoms with Crippen LogP contribution in [0.15, 0.2) is 41.0 Å². The fourth-order valence-electron chi connectivity index (χ4n) is 0.827. The zero-order valence-corrected chi connectivity index (χ0v) is 8.84. The first-order valence-corrected chi connectivity index (χ1v) is 4.67. The average molecular weight is 240 g/mol. The van der Waals surface area contributed by atoms with E-state index < -0.39 is 0 Å². The van der Waals surface area contributed by atoms with Gasteiger partial charge < -0.3 is 5.32 Å². The summed E-state index contributed by atoms with van der Waals surface area (Å²) in [7, 11) is 0. The molecule has 0 aliphatic heterocycles. The van der Waals surface area contributed by atoms with Gasteiger partial charge >= 0.3 is 0 Å². The number of nitrogens with one attached hydrogen (secondary N) is 1. The molecular weight excluding hydrogens is 230 g/mol. The number of carbonyl (C=O) groups is 1. The zero-order valence-electron chi connectivity index (χ0n) is 7.25. The maximum absolute atomic E-state index is 10.6. The molecule has 3 heteroatoms. The molecular formula is C10H10BrNO. The van der Waals surface area contributed by atoms with E-state index in [1.165, 1.54) is 13.0 Å². The van der Waals surface area contributed by atoms with Gasteiger partial charge in [0.2, 0.25) is 0 Å². The third-order valence-corrected chi connectivity index (χ3v) is 2.12. The highest BCUT2D eigenvalue weighted by molar-refractivity contribution is 9.10. The molecule has 1 N–H and O–H groups in total. The van der Waals surface area contributed by atoms with Crippen LogP contribution in [0, 0.1) is 0 Å². The molecule has 2 nitrogen and oxygen atoms in total. The summed E-state index contributed by atoms with van der Waals surface area (Å²) in [6, 6.07) is 7.72. The molecule has 1 aromatic carbocycles. The molecule has 0 saturated heterocycles. The Bertz CT molecular complexity index is 333. The van der Waals surface area contributed by atoms with Crippen LogP contribution in [0.4, 0.5) is 5.69 Å². The Kier molecular flexibility index (Phi) is 3.71. The second-order valence-corrected chi connectivity index (χ2v) is 3.42. The van der Waals surface area contributed by atoms with Crippen LogP contribution in [0.5, 0.6) is 0 Å². The van der Waals surface area contributed by atoms with Gasteiger partial charge in [-0.2, -0.15) is 0 Å². The second kappa shape index (κ2) is 4.82. The van der Waals surface area contributed by atoms with Crippen molar-refractivity contribution in [3.8, 4) is 0 Å². The molecule has 0 amide bonds. The van der Waals surface area contributed by atoms with Crippen LogP contribution in [0.2, 0.25) is 0 Å². The van der Waals surface area contributed by atoms with Crippen LogP contribution in [0.25, 0.3) is 0 Å². The van der Waals surface area contributed by atoms with Gasteiger partial charge in [0.15, 0.2) is 5.78 Å². The largest absolute Gasteiger partial charge is 0.361 e. The lowest BCUT2D eigenvalue weighted by atomic mass is 10.3. The molecule has 0 atom stereocenters. The standard InChI is InChI=1S/C10H10BrNO/c1-8(13)6-7-12-10-5-3-2-4-9(10)11/h2-7,12H,1H3. The Morgan fingerprint density at radius 3 is 2.77 bits per heavy atom. The number of hydrogen-bond donors (Lipinski definition) is 1. The lowest BCUT2D eigenvalue weighted by Gasteiger charge is -2.01. The number of para-hydroxylation sites is 1. The molecule has 1 rings (SSSR count). The van der Waals surface area contributed by atoms with Gasteiger partial charge in [-0.1, -0.05) is 12.1 Å². The van der Waals surface area contributed by atoms with Gasteiger partial charge in [0.05, 0.1) is 5.69 Å². The quantitative estimate of drug-likeness (QED) is 0.823. The van der Waals surface area contributed by atoms with E-state index in [0.29, 0.717) is 0 Å². The zero-order chi connectivity index (χ0) is 9.68. The highest BCUT2D eigenvalue weighted by atomic mass is 79.9. The first-order valence-electron chi connectivity index (χ1n) is 3.88. The van der Waals surface area contributed by atoms with Crippen LogP contribution >= 0.6 is 15.9 Å². The minimum absolute atomic E-state index is 0.0274. The van der Waals surface area contributed by atoms with Gasteiger partial charge in [-0.15, -0.1) is 0 Å². The number of rotatable bonds is 3. The fraction of sp³-hybridized carbons (Fsp3) is 0.100. The van der Waals surface area contributed by atoms with E-state index in [0.717, 1.165) is 10.2 Å². The number of allylic oxidation sites excluding steroid dienone is 1. The summed E-state index contributed by atoms with van der Waals surface area (Å²) in [5, 5.41) is 3.00. The van der Waals surface area contributed by atoms with Crippen LogP contribution in [0.3, 0.4) is 0 Å². The molecule has 0 spiro atoms. The van der Waals surface area contributed by atoms with E-state index in [1.807, 2.05) is 24.3 Å². The van der Waals surface area contributed by atoms with Crippen molar-refractivity contribution in [3.05, 3.63) is 41.0 Å². The molecule has 0 aliphatic rings. The number of hydrogen-bond acceptors (Lipinski definition) is 2. The van der Waals surface area contributed by atoms with Crippen molar-refractivity contribution in [2.75, 3.05) is 5.32 Å². The van der Waals surface area contributed by atoms with Crippen LogP contribution < -0.4 is 5.32 Å². The van der Waals surface area contributed by atoms with Crippen molar-refractivity contribution in [1.29, 1.82) is 0 Å². The maximum Gasteiger partial charge on any atom is 0.154 e. The van der Waals surface area contributed by atoms with Gasteiger partial charge in [0.25, 0.3) is 0 Å². The summed E-state index contributed by atoms with van der Waals surface area (Å²) in [4.78, 5) is 10.6. The second-order valence-electron chi connectivity index (χ2n) is 2.57. The predicted molar refractivity (Wildman–Crippen MR) is 57.6 cm³/mol. The Hall–Kier alpha value is -1.09. The number of anilines is 1. The third kappa shape index (κ3) is 3.42. The molecule has 0 fully saturated rings. The molecule has 0 bridgehead atoms. The molecule has 0 aromatic heterocycles. The van der Waals surface area contributed by atoms with Gasteiger partial charge in [0, 0.05) is 10.7 Å². The Balaban J connectivity index is 2.64. The number of ketones is 1. The average Bonchev–Trinajstić information content (AvgIpc) is 2.08. The van der Waals surface area contributed by atoms with E-state index in [1.54, 1.807) is 6.20 Å². The van der Waals surface area contributed by atoms with Crippen LogP contribution in [-0.2, 0) is 4.79 Å². The molecule has 0 saturated carbocycles. The summed E-state index contributed by atoms with van der Waals surface area (Å²) in [5.74, 6) is 0.0274. The lowest BCUT2D eigenvalue weighted by Crippen LogP contribution is -1.90. The summed E-state index contributed by atoms with van der Waals surface area (Å²) >= 11 is 3.38. The van der Waals surface area contributed by atoms with Crippen molar-refractivity contribution >= 4 is 27.4 Å². The van der Waals surface area contributed by atoms with Crippen molar-refractivity contribution in [2.45, 2.75) is 6.92 Å². The van der Waals surface area contributed by atoms with E-state index in [2.05, 4.69) is 21.2 Å². The SMILES string of the molecule is CC(=O)C=CNc1ccccc1Br. The normalized spacial score (nSPS) is 10.3. The van der Waals surface area contributed by atoms with Crippen LogP contribution in [-0.4, -0.2) is 5.78 Å². The number of benzene rings is 1. The van der Waals surface area contributed by atoms with Crippen molar-refractivity contribution in [1.82, 2.24) is 0 Å². The highest BCUT2D eigenvalue weighted by Crippen LogP contribution is 2.20. The van der Waals surface area contributed by atoms with Crippen molar-refractivity contribution in [2.24, 2.45) is 0 Å². The van der Waals surface area contributed by atoms with Crippen molar-refractivity contribution in [3.63, 3.8) is 0 Å². The maximum atomic E-state index is 10.6. The summed E-state index contributed by atoms with van der Waals surface area (Å²) in [6.45, 7) is 1.51. The van der Waals surface area contributed by atoms with Gasteiger partial charge in [-0.25, -0.2) is 0 Å². The Labute approximate surface area is 85.8 Å². The third-order valence-electron chi connectivity index (χ3n) is 1.43. The molecule has 0 unspecified atom stereocenters. The van der Waals surface area contributed by atoms with E-state index in [-0.39, 0.29) is 5.78 Å². The Morgan fingerprint density at radius 1 is 1.46 bits per heavy atom. The molecule has 1 aromatic rings. The smallest absolute Gasteiger partial charge is 0.154 e. The predicted octanol–water partition coefficient (Wildman–Crippen LogP) is 2.96. The minimum atomic E-state index is 0.0274. The lowest BCUT2D eigenvalue weighted by molar-refractivity contribution is -0.112. The fourth-order valence-corrected chi connectivity index (χ4v) is 1.23. The summed E-state index contributed by atoms with van der Waals surface area (Å²) in [6.07, 6.45) is 3.11. The monoisotopic (exact) mass is 239 g/mol. The molecule has 13 heavy (non-hydrogen) atoms. The first-order chi connectivity index (χ1) is 6.20. The van der Waals surface area contributed by atoms with E-state index >= 15 is 0 Å². The number of halogens is 1. The molecule has 0 radical (unpaired) electrons. The molecule has 0 aliphatic carbocycles. The number of carbonyl (C=O) groups excluding carboxylic acids is 1. The molecule has 0 heterocycles.